The first-order valence-corrected chi connectivity index (χ1v) is 6.03. The third-order valence-electron chi connectivity index (χ3n) is 2.19. The topological polar surface area (TPSA) is 55.5 Å². The van der Waals surface area contributed by atoms with Gasteiger partial charge in [0.1, 0.15) is 10.7 Å². The van der Waals surface area contributed by atoms with Crippen molar-refractivity contribution in [3.05, 3.63) is 28.8 Å². The fraction of sp³-hybridized carbons (Fsp3) is 0.417. The molecule has 1 rings (SSSR count). The Balaban J connectivity index is 2.62. The molecule has 0 aliphatic carbocycles. The normalized spacial score (nSPS) is 11.3. The monoisotopic (exact) mass is 273 g/mol. The molecule has 0 aromatic heterocycles. The molecule has 0 unspecified atom stereocenters. The third kappa shape index (κ3) is 4.89. The van der Waals surface area contributed by atoms with Crippen LogP contribution in [0.3, 0.4) is 0 Å². The molecule has 0 atom stereocenters. The summed E-state index contributed by atoms with van der Waals surface area (Å²) in [6.45, 7) is 3.89. The summed E-state index contributed by atoms with van der Waals surface area (Å²) < 4.78 is 5.47. The van der Waals surface area contributed by atoms with E-state index in [0.29, 0.717) is 29.4 Å². The van der Waals surface area contributed by atoms with Gasteiger partial charge in [0.2, 0.25) is 0 Å². The second kappa shape index (κ2) is 5.67. The fourth-order valence-corrected chi connectivity index (χ4v) is 1.71. The zero-order valence-electron chi connectivity index (χ0n) is 9.87. The summed E-state index contributed by atoms with van der Waals surface area (Å²) in [5.74, 6) is 0.638. The molecule has 0 aliphatic heterocycles. The lowest BCUT2D eigenvalue weighted by molar-refractivity contribution is 0.0553. The second-order valence-corrected chi connectivity index (χ2v) is 5.26. The van der Waals surface area contributed by atoms with Crippen LogP contribution >= 0.6 is 23.8 Å². The number of aliphatic hydroxyl groups is 1. The minimum absolute atomic E-state index is 0.262. The minimum atomic E-state index is -0.734. The van der Waals surface area contributed by atoms with Crippen LogP contribution in [0, 0.1) is 0 Å². The smallest absolute Gasteiger partial charge is 0.120 e. The van der Waals surface area contributed by atoms with Crippen molar-refractivity contribution in [2.75, 3.05) is 6.61 Å². The van der Waals surface area contributed by atoms with Crippen LogP contribution in [0.15, 0.2) is 18.2 Å². The Morgan fingerprint density at radius 1 is 1.53 bits per heavy atom. The van der Waals surface area contributed by atoms with Gasteiger partial charge in [0.05, 0.1) is 17.2 Å². The van der Waals surface area contributed by atoms with Crippen molar-refractivity contribution in [1.82, 2.24) is 0 Å². The molecule has 0 spiro atoms. The highest BCUT2D eigenvalue weighted by Crippen LogP contribution is 2.23. The van der Waals surface area contributed by atoms with Gasteiger partial charge in [-0.1, -0.05) is 23.8 Å². The van der Waals surface area contributed by atoms with Gasteiger partial charge in [-0.25, -0.2) is 0 Å². The first-order chi connectivity index (χ1) is 7.79. The Bertz CT molecular complexity index is 415. The average Bonchev–Trinajstić information content (AvgIpc) is 2.15. The van der Waals surface area contributed by atoms with Gasteiger partial charge in [-0.3, -0.25) is 0 Å². The van der Waals surface area contributed by atoms with E-state index in [1.54, 1.807) is 32.0 Å². The second-order valence-electron chi connectivity index (χ2n) is 4.42. The Labute approximate surface area is 112 Å². The molecular formula is C12H16ClNO2S. The van der Waals surface area contributed by atoms with Crippen molar-refractivity contribution in [3.8, 4) is 5.75 Å². The molecule has 0 amide bonds. The molecule has 0 saturated heterocycles. The van der Waals surface area contributed by atoms with Crippen LogP contribution in [0.4, 0.5) is 0 Å². The van der Waals surface area contributed by atoms with E-state index in [1.807, 2.05) is 0 Å². The van der Waals surface area contributed by atoms with Gasteiger partial charge in [-0.15, -0.1) is 0 Å². The number of ether oxygens (including phenoxy) is 1. The number of benzene rings is 1. The SMILES string of the molecule is CC(C)(O)CCOc1ccc(C(N)=S)c(Cl)c1. The maximum Gasteiger partial charge on any atom is 0.120 e. The molecular weight excluding hydrogens is 258 g/mol. The van der Waals surface area contributed by atoms with Gasteiger partial charge in [0.25, 0.3) is 0 Å². The summed E-state index contributed by atoms with van der Waals surface area (Å²) in [4.78, 5) is 0.262. The molecule has 0 radical (unpaired) electrons. The number of nitrogens with two attached hydrogens (primary N) is 1. The molecule has 17 heavy (non-hydrogen) atoms. The fourth-order valence-electron chi connectivity index (χ4n) is 1.20. The summed E-state index contributed by atoms with van der Waals surface area (Å²) in [5, 5.41) is 10.00. The van der Waals surface area contributed by atoms with E-state index in [1.165, 1.54) is 0 Å². The molecule has 3 nitrogen and oxygen atoms in total. The van der Waals surface area contributed by atoms with Crippen LogP contribution < -0.4 is 10.5 Å². The van der Waals surface area contributed by atoms with Crippen molar-refractivity contribution in [2.24, 2.45) is 5.73 Å². The van der Waals surface area contributed by atoms with Crippen molar-refractivity contribution < 1.29 is 9.84 Å². The number of hydrogen-bond acceptors (Lipinski definition) is 3. The van der Waals surface area contributed by atoms with Gasteiger partial charge in [0.15, 0.2) is 0 Å². The zero-order chi connectivity index (χ0) is 13.1. The number of thiocarbonyl (C=S) groups is 1. The maximum absolute atomic E-state index is 9.53. The quantitative estimate of drug-likeness (QED) is 0.810. The Morgan fingerprint density at radius 3 is 2.65 bits per heavy atom. The highest BCUT2D eigenvalue weighted by molar-refractivity contribution is 7.80. The van der Waals surface area contributed by atoms with Gasteiger partial charge < -0.3 is 15.6 Å². The van der Waals surface area contributed by atoms with Gasteiger partial charge in [-0.05, 0) is 32.0 Å². The van der Waals surface area contributed by atoms with Gasteiger partial charge in [-0.2, -0.15) is 0 Å². The largest absolute Gasteiger partial charge is 0.493 e. The lowest BCUT2D eigenvalue weighted by Gasteiger charge is -2.17. The summed E-state index contributed by atoms with van der Waals surface area (Å²) in [6, 6.07) is 5.15. The average molecular weight is 274 g/mol. The molecule has 0 fully saturated rings. The predicted molar refractivity (Wildman–Crippen MR) is 73.7 cm³/mol. The highest BCUT2D eigenvalue weighted by Gasteiger charge is 2.12. The van der Waals surface area contributed by atoms with Gasteiger partial charge in [0, 0.05) is 12.0 Å². The number of halogens is 1. The predicted octanol–water partition coefficient (Wildman–Crippen LogP) is 2.51. The Morgan fingerprint density at radius 2 is 2.18 bits per heavy atom. The third-order valence-corrected chi connectivity index (χ3v) is 2.72. The first kappa shape index (κ1) is 14.2. The molecule has 5 heteroatoms. The maximum atomic E-state index is 9.53. The lowest BCUT2D eigenvalue weighted by atomic mass is 10.1. The highest BCUT2D eigenvalue weighted by atomic mass is 35.5. The molecule has 94 valence electrons. The number of hydrogen-bond donors (Lipinski definition) is 2. The summed E-state index contributed by atoms with van der Waals surface area (Å²) in [5.41, 5.74) is 5.40. The van der Waals surface area contributed by atoms with E-state index in [4.69, 9.17) is 34.3 Å². The van der Waals surface area contributed by atoms with Crippen LogP contribution in [-0.4, -0.2) is 22.3 Å². The van der Waals surface area contributed by atoms with Crippen LogP contribution in [0.2, 0.25) is 5.02 Å². The Hall–Kier alpha value is -0.840. The summed E-state index contributed by atoms with van der Waals surface area (Å²) >= 11 is 10.8. The lowest BCUT2D eigenvalue weighted by Crippen LogP contribution is -2.21. The van der Waals surface area contributed by atoms with E-state index < -0.39 is 5.60 Å². The van der Waals surface area contributed by atoms with E-state index in [9.17, 15) is 5.11 Å². The molecule has 1 aromatic rings. The molecule has 1 aromatic carbocycles. The van der Waals surface area contributed by atoms with E-state index in [2.05, 4.69) is 0 Å². The summed E-state index contributed by atoms with van der Waals surface area (Å²) in [6.07, 6.45) is 0.543. The van der Waals surface area contributed by atoms with Crippen LogP contribution in [0.1, 0.15) is 25.8 Å². The minimum Gasteiger partial charge on any atom is -0.493 e. The van der Waals surface area contributed by atoms with Gasteiger partial charge >= 0.3 is 0 Å². The zero-order valence-corrected chi connectivity index (χ0v) is 11.4. The molecule has 0 aliphatic rings. The molecule has 0 saturated carbocycles. The van der Waals surface area contributed by atoms with Crippen LogP contribution in [0.25, 0.3) is 0 Å². The Kier molecular flexibility index (Phi) is 4.74. The van der Waals surface area contributed by atoms with Crippen molar-refractivity contribution in [1.29, 1.82) is 0 Å². The van der Waals surface area contributed by atoms with E-state index in [-0.39, 0.29) is 4.99 Å². The van der Waals surface area contributed by atoms with Crippen molar-refractivity contribution in [2.45, 2.75) is 25.9 Å². The van der Waals surface area contributed by atoms with Crippen molar-refractivity contribution >= 4 is 28.8 Å². The number of rotatable bonds is 5. The van der Waals surface area contributed by atoms with Crippen molar-refractivity contribution in [3.63, 3.8) is 0 Å². The standard InChI is InChI=1S/C12H16ClNO2S/c1-12(2,15)5-6-16-8-3-4-9(11(14)17)10(13)7-8/h3-4,7,15H,5-6H2,1-2H3,(H2,14,17). The van der Waals surface area contributed by atoms with Crippen LogP contribution in [0.5, 0.6) is 5.75 Å². The van der Waals surface area contributed by atoms with E-state index >= 15 is 0 Å². The molecule has 0 heterocycles. The summed E-state index contributed by atoms with van der Waals surface area (Å²) in [7, 11) is 0. The van der Waals surface area contributed by atoms with Crippen LogP contribution in [-0.2, 0) is 0 Å². The molecule has 0 bridgehead atoms. The van der Waals surface area contributed by atoms with E-state index in [0.717, 1.165) is 0 Å². The molecule has 3 N–H and O–H groups in total. The first-order valence-electron chi connectivity index (χ1n) is 5.24.